The summed E-state index contributed by atoms with van der Waals surface area (Å²) in [5.74, 6) is -0.367. The van der Waals surface area contributed by atoms with Gasteiger partial charge < -0.3 is 15.5 Å². The second-order valence-corrected chi connectivity index (χ2v) is 11.8. The van der Waals surface area contributed by atoms with Crippen molar-refractivity contribution in [3.05, 3.63) is 77.1 Å². The van der Waals surface area contributed by atoms with E-state index in [9.17, 15) is 22.0 Å². The van der Waals surface area contributed by atoms with Gasteiger partial charge in [0, 0.05) is 17.5 Å². The number of hydrogen-bond donors (Lipinski definition) is 2. The minimum absolute atomic E-state index is 0.0251. The van der Waals surface area contributed by atoms with E-state index in [0.717, 1.165) is 12.8 Å². The molecule has 0 unspecified atom stereocenters. The Labute approximate surface area is 222 Å². The SMILES string of the molecule is NC(=O)C[C@H](c1ccc(S(=O)(=O)CC2CC2)cc1)c1nc2cc(-c3ccccc3OC(F)F)c(Cl)cc2[nH]1. The predicted molar refractivity (Wildman–Crippen MR) is 140 cm³/mol. The number of nitrogens with zero attached hydrogens (tertiary/aromatic N) is 1. The Morgan fingerprint density at radius 2 is 1.82 bits per heavy atom. The summed E-state index contributed by atoms with van der Waals surface area (Å²) >= 11 is 6.52. The number of rotatable bonds is 10. The maximum absolute atomic E-state index is 12.9. The first-order chi connectivity index (χ1) is 18.1. The van der Waals surface area contributed by atoms with Gasteiger partial charge in [-0.15, -0.1) is 0 Å². The molecule has 198 valence electrons. The van der Waals surface area contributed by atoms with E-state index in [1.165, 1.54) is 6.07 Å². The molecule has 4 aromatic rings. The van der Waals surface area contributed by atoms with E-state index in [1.807, 2.05) is 0 Å². The molecule has 1 aromatic heterocycles. The summed E-state index contributed by atoms with van der Waals surface area (Å²) in [4.78, 5) is 20.0. The van der Waals surface area contributed by atoms with E-state index >= 15 is 0 Å². The number of imidazole rings is 1. The summed E-state index contributed by atoms with van der Waals surface area (Å²) in [6, 6.07) is 16.0. The van der Waals surface area contributed by atoms with Gasteiger partial charge in [0.2, 0.25) is 5.91 Å². The molecule has 1 aliphatic carbocycles. The highest BCUT2D eigenvalue weighted by molar-refractivity contribution is 7.91. The Bertz CT molecular complexity index is 1600. The number of nitrogens with one attached hydrogen (secondary N) is 1. The first kappa shape index (κ1) is 26.1. The number of halogens is 3. The van der Waals surface area contributed by atoms with Crippen LogP contribution >= 0.6 is 11.6 Å². The van der Waals surface area contributed by atoms with Crippen LogP contribution in [0.1, 0.15) is 36.6 Å². The lowest BCUT2D eigenvalue weighted by molar-refractivity contribution is -0.118. The van der Waals surface area contributed by atoms with Crippen LogP contribution in [-0.2, 0) is 14.6 Å². The lowest BCUT2D eigenvalue weighted by Crippen LogP contribution is -2.17. The summed E-state index contributed by atoms with van der Waals surface area (Å²) in [7, 11) is -3.38. The number of H-pyrrole nitrogens is 1. The van der Waals surface area contributed by atoms with Gasteiger partial charge in [0.1, 0.15) is 11.6 Å². The molecule has 3 N–H and O–H groups in total. The van der Waals surface area contributed by atoms with Crippen molar-refractivity contribution in [2.45, 2.75) is 36.7 Å². The molecular weight excluding hydrogens is 536 g/mol. The quantitative estimate of drug-likeness (QED) is 0.259. The van der Waals surface area contributed by atoms with Crippen LogP contribution in [0.25, 0.3) is 22.2 Å². The zero-order valence-electron chi connectivity index (χ0n) is 20.0. The number of nitrogens with two attached hydrogens (primary N) is 1. The minimum atomic E-state index is -3.38. The Morgan fingerprint density at radius 3 is 2.47 bits per heavy atom. The van der Waals surface area contributed by atoms with Crippen LogP contribution in [0.15, 0.2) is 65.6 Å². The first-order valence-electron chi connectivity index (χ1n) is 11.9. The number of aromatic nitrogens is 2. The lowest BCUT2D eigenvalue weighted by Gasteiger charge is -2.14. The normalized spacial score (nSPS) is 14.6. The van der Waals surface area contributed by atoms with E-state index in [2.05, 4.69) is 14.7 Å². The fourth-order valence-corrected chi connectivity index (χ4v) is 6.44. The zero-order valence-corrected chi connectivity index (χ0v) is 21.6. The van der Waals surface area contributed by atoms with Gasteiger partial charge in [-0.2, -0.15) is 8.78 Å². The van der Waals surface area contributed by atoms with Crippen molar-refractivity contribution in [1.29, 1.82) is 0 Å². The summed E-state index contributed by atoms with van der Waals surface area (Å²) in [5, 5.41) is 0.287. The van der Waals surface area contributed by atoms with Gasteiger partial charge >= 0.3 is 6.61 Å². The third-order valence-electron chi connectivity index (χ3n) is 6.51. The smallest absolute Gasteiger partial charge is 0.387 e. The van der Waals surface area contributed by atoms with Gasteiger partial charge in [-0.3, -0.25) is 4.79 Å². The van der Waals surface area contributed by atoms with Crippen LogP contribution in [0.3, 0.4) is 0 Å². The standard InChI is InChI=1S/C27H24ClF2N3O4S/c28-21-13-23-22(11-20(21)18-3-1-2-4-24(18)37-27(29)30)32-26(33-23)19(12-25(31)34)16-7-9-17(10-8-16)38(35,36)14-15-5-6-15/h1-4,7-11,13,15,19,27H,5-6,12,14H2,(H2,31,34)(H,32,33)/t19-/m1/s1. The number of carbonyl (C=O) groups is 1. The third-order valence-corrected chi connectivity index (χ3v) is 8.72. The molecule has 1 atom stereocenters. The predicted octanol–water partition coefficient (Wildman–Crippen LogP) is 5.68. The first-order valence-corrected chi connectivity index (χ1v) is 14.0. The molecule has 0 spiro atoms. The van der Waals surface area contributed by atoms with Crippen molar-refractivity contribution < 1.29 is 26.7 Å². The van der Waals surface area contributed by atoms with Gasteiger partial charge in [-0.1, -0.05) is 41.9 Å². The van der Waals surface area contributed by atoms with Crippen molar-refractivity contribution in [3.8, 4) is 16.9 Å². The van der Waals surface area contributed by atoms with Crippen LogP contribution in [0, 0.1) is 5.92 Å². The van der Waals surface area contributed by atoms with E-state index in [0.29, 0.717) is 33.5 Å². The summed E-state index contributed by atoms with van der Waals surface area (Å²) < 4.78 is 55.8. The number of primary amides is 1. The van der Waals surface area contributed by atoms with Crippen molar-refractivity contribution >= 4 is 38.4 Å². The fourth-order valence-electron chi connectivity index (χ4n) is 4.48. The molecule has 0 aliphatic heterocycles. The maximum atomic E-state index is 12.9. The molecule has 0 radical (unpaired) electrons. The molecule has 1 fully saturated rings. The van der Waals surface area contributed by atoms with E-state index in [-0.39, 0.29) is 33.8 Å². The Kier molecular flexibility index (Phi) is 7.11. The van der Waals surface area contributed by atoms with E-state index < -0.39 is 28.3 Å². The lowest BCUT2D eigenvalue weighted by atomic mass is 9.95. The van der Waals surface area contributed by atoms with Gasteiger partial charge in [-0.25, -0.2) is 13.4 Å². The molecule has 38 heavy (non-hydrogen) atoms. The number of ether oxygens (including phenoxy) is 1. The van der Waals surface area contributed by atoms with E-state index in [4.69, 9.17) is 17.3 Å². The van der Waals surface area contributed by atoms with Crippen LogP contribution in [0.4, 0.5) is 8.78 Å². The number of benzene rings is 3. The Balaban J connectivity index is 1.51. The number of para-hydroxylation sites is 1. The Hall–Kier alpha value is -3.50. The Morgan fingerprint density at radius 1 is 1.11 bits per heavy atom. The topological polar surface area (TPSA) is 115 Å². The molecular formula is C27H24ClF2N3O4S. The van der Waals surface area contributed by atoms with Crippen LogP contribution in [-0.4, -0.2) is 36.7 Å². The average molecular weight is 560 g/mol. The molecule has 0 saturated heterocycles. The number of carbonyl (C=O) groups excluding carboxylic acids is 1. The van der Waals surface area contributed by atoms with Gasteiger partial charge in [0.05, 0.1) is 32.6 Å². The van der Waals surface area contributed by atoms with Gasteiger partial charge in [0.15, 0.2) is 9.84 Å². The summed E-state index contributed by atoms with van der Waals surface area (Å²) in [6.45, 7) is -3.00. The van der Waals surface area contributed by atoms with Crippen molar-refractivity contribution in [2.75, 3.05) is 5.75 Å². The number of sulfone groups is 1. The molecule has 5 rings (SSSR count). The largest absolute Gasteiger partial charge is 0.434 e. The molecule has 3 aromatic carbocycles. The molecule has 1 amide bonds. The van der Waals surface area contributed by atoms with Crippen LogP contribution in [0.2, 0.25) is 5.02 Å². The number of alkyl halides is 2. The highest BCUT2D eigenvalue weighted by Crippen LogP contribution is 2.39. The molecule has 7 nitrogen and oxygen atoms in total. The highest BCUT2D eigenvalue weighted by Gasteiger charge is 2.29. The van der Waals surface area contributed by atoms with Crippen molar-refractivity contribution in [2.24, 2.45) is 11.7 Å². The maximum Gasteiger partial charge on any atom is 0.387 e. The number of amides is 1. The zero-order chi connectivity index (χ0) is 27.0. The molecule has 11 heteroatoms. The minimum Gasteiger partial charge on any atom is -0.434 e. The monoisotopic (exact) mass is 559 g/mol. The number of fused-ring (bicyclic) bond motifs is 1. The number of hydrogen-bond acceptors (Lipinski definition) is 5. The van der Waals surface area contributed by atoms with Crippen LogP contribution in [0.5, 0.6) is 5.75 Å². The number of aromatic amines is 1. The van der Waals surface area contributed by atoms with Crippen molar-refractivity contribution in [3.63, 3.8) is 0 Å². The molecule has 1 heterocycles. The van der Waals surface area contributed by atoms with E-state index in [1.54, 1.807) is 54.6 Å². The third kappa shape index (κ3) is 5.66. The summed E-state index contributed by atoms with van der Waals surface area (Å²) in [6.07, 6.45) is 1.79. The van der Waals surface area contributed by atoms with Gasteiger partial charge in [-0.05, 0) is 54.7 Å². The molecule has 1 saturated carbocycles. The summed E-state index contributed by atoms with van der Waals surface area (Å²) in [5.41, 5.74) is 8.08. The second-order valence-electron chi connectivity index (χ2n) is 9.36. The molecule has 0 bridgehead atoms. The van der Waals surface area contributed by atoms with Gasteiger partial charge in [0.25, 0.3) is 0 Å². The average Bonchev–Trinajstić information content (AvgIpc) is 3.57. The van der Waals surface area contributed by atoms with Crippen molar-refractivity contribution in [1.82, 2.24) is 9.97 Å². The second kappa shape index (κ2) is 10.3. The van der Waals surface area contributed by atoms with Crippen LogP contribution < -0.4 is 10.5 Å². The fraction of sp³-hybridized carbons (Fsp3) is 0.259. The molecule has 1 aliphatic rings. The highest BCUT2D eigenvalue weighted by atomic mass is 35.5.